The average Bonchev–Trinajstić information content (AvgIpc) is 3.32. The normalized spacial score (nSPS) is 13.7. The van der Waals surface area contributed by atoms with Crippen molar-refractivity contribution in [2.24, 2.45) is 0 Å². The smallest absolute Gasteiger partial charge is 0.338 e. The van der Waals surface area contributed by atoms with Gasteiger partial charge < -0.3 is 18.9 Å². The molecule has 2 amide bonds. The summed E-state index contributed by atoms with van der Waals surface area (Å²) >= 11 is 1.79. The highest BCUT2D eigenvalue weighted by Crippen LogP contribution is 2.31. The molecule has 0 radical (unpaired) electrons. The van der Waals surface area contributed by atoms with Gasteiger partial charge in [-0.1, -0.05) is 20.8 Å². The molecular formula is C28H39NO11S2. The lowest BCUT2D eigenvalue weighted by atomic mass is 10.1. The number of sulfonamides is 1. The van der Waals surface area contributed by atoms with E-state index in [2.05, 4.69) is 20.8 Å². The van der Waals surface area contributed by atoms with Crippen LogP contribution in [0.2, 0.25) is 0 Å². The van der Waals surface area contributed by atoms with Crippen LogP contribution in [-0.4, -0.2) is 86.0 Å². The van der Waals surface area contributed by atoms with Crippen LogP contribution in [0, 0.1) is 0 Å². The predicted octanol–water partition coefficient (Wildman–Crippen LogP) is 3.27. The van der Waals surface area contributed by atoms with Crippen LogP contribution in [0.15, 0.2) is 29.2 Å². The number of thioether (sulfide) groups is 1. The summed E-state index contributed by atoms with van der Waals surface area (Å²) in [6.07, 6.45) is 2.31. The fourth-order valence-corrected chi connectivity index (χ4v) is 6.18. The molecule has 0 unspecified atom stereocenters. The van der Waals surface area contributed by atoms with Crippen LogP contribution in [0.5, 0.6) is 0 Å². The minimum absolute atomic E-state index is 0.0000334. The number of benzene rings is 1. The van der Waals surface area contributed by atoms with Gasteiger partial charge in [0.1, 0.15) is 19.8 Å². The molecule has 1 saturated heterocycles. The summed E-state index contributed by atoms with van der Waals surface area (Å²) in [5.74, 6) is -2.37. The first kappa shape index (κ1) is 35.2. The van der Waals surface area contributed by atoms with Crippen molar-refractivity contribution in [3.05, 3.63) is 29.8 Å². The van der Waals surface area contributed by atoms with Crippen molar-refractivity contribution in [2.75, 3.05) is 38.8 Å². The van der Waals surface area contributed by atoms with Crippen molar-refractivity contribution in [2.45, 2.75) is 75.4 Å². The van der Waals surface area contributed by atoms with Gasteiger partial charge in [-0.25, -0.2) is 13.2 Å². The molecule has 1 aromatic rings. The van der Waals surface area contributed by atoms with Gasteiger partial charge in [-0.3, -0.25) is 19.2 Å². The fourth-order valence-electron chi connectivity index (χ4n) is 3.70. The molecule has 1 heterocycles. The summed E-state index contributed by atoms with van der Waals surface area (Å²) in [7, 11) is -4.33. The second kappa shape index (κ2) is 17.2. The van der Waals surface area contributed by atoms with Crippen LogP contribution in [0.1, 0.15) is 76.1 Å². The number of amides is 2. The quantitative estimate of drug-likeness (QED) is 0.0953. The monoisotopic (exact) mass is 629 g/mol. The minimum atomic E-state index is -4.33. The van der Waals surface area contributed by atoms with Gasteiger partial charge in [-0.2, -0.15) is 16.1 Å². The molecule has 0 aromatic heterocycles. The Bertz CT molecular complexity index is 1180. The molecule has 2 rings (SSSR count). The van der Waals surface area contributed by atoms with E-state index in [1.807, 2.05) is 0 Å². The maximum absolute atomic E-state index is 12.5. The third-order valence-electron chi connectivity index (χ3n) is 6.64. The van der Waals surface area contributed by atoms with Crippen molar-refractivity contribution >= 4 is 51.5 Å². The van der Waals surface area contributed by atoms with E-state index >= 15 is 0 Å². The number of hydrogen-bond acceptors (Lipinski definition) is 12. The lowest BCUT2D eigenvalue weighted by Gasteiger charge is -2.25. The first-order valence-electron chi connectivity index (χ1n) is 13.8. The molecule has 0 bridgehead atoms. The Labute approximate surface area is 250 Å². The third kappa shape index (κ3) is 11.0. The summed E-state index contributed by atoms with van der Waals surface area (Å²) in [5.41, 5.74) is 0.0701. The lowest BCUT2D eigenvalue weighted by molar-refractivity contribution is -0.146. The van der Waals surface area contributed by atoms with Crippen LogP contribution in [0.25, 0.3) is 0 Å². The molecule has 0 saturated carbocycles. The zero-order chi connectivity index (χ0) is 31.2. The largest absolute Gasteiger partial charge is 0.465 e. The topological polar surface area (TPSA) is 160 Å². The summed E-state index contributed by atoms with van der Waals surface area (Å²) in [6.45, 7) is 6.84. The summed E-state index contributed by atoms with van der Waals surface area (Å²) in [5, 5.41) is 0. The molecule has 1 aliphatic heterocycles. The van der Waals surface area contributed by atoms with Gasteiger partial charge in [-0.15, -0.1) is 0 Å². The van der Waals surface area contributed by atoms with Crippen LogP contribution in [0.3, 0.4) is 0 Å². The Morgan fingerprint density at radius 1 is 0.833 bits per heavy atom. The zero-order valence-corrected chi connectivity index (χ0v) is 25.9. The molecule has 12 nitrogen and oxygen atoms in total. The van der Waals surface area contributed by atoms with E-state index in [0.29, 0.717) is 13.0 Å². The van der Waals surface area contributed by atoms with Crippen molar-refractivity contribution < 1.29 is 51.3 Å². The van der Waals surface area contributed by atoms with Gasteiger partial charge in [0.2, 0.25) is 11.8 Å². The van der Waals surface area contributed by atoms with Crippen molar-refractivity contribution in [3.8, 4) is 0 Å². The Hall–Kier alpha value is -2.97. The first-order valence-corrected chi connectivity index (χ1v) is 16.3. The van der Waals surface area contributed by atoms with E-state index in [1.165, 1.54) is 12.1 Å². The first-order chi connectivity index (χ1) is 19.9. The van der Waals surface area contributed by atoms with Gasteiger partial charge >= 0.3 is 17.9 Å². The van der Waals surface area contributed by atoms with E-state index in [1.54, 1.807) is 11.8 Å². The number of nitrogens with zero attached hydrogens (tertiary/aromatic N) is 1. The van der Waals surface area contributed by atoms with E-state index in [9.17, 15) is 32.4 Å². The SMILES string of the molecule is CCC(C)(CC)SCCOC(=O)CCCC(=O)OCCOCCOC(=O)c1ccc(S(=O)(=O)N2C(=O)CCC2=O)cc1. The van der Waals surface area contributed by atoms with Crippen molar-refractivity contribution in [1.82, 2.24) is 4.31 Å². The van der Waals surface area contributed by atoms with Gasteiger partial charge in [0.15, 0.2) is 0 Å². The number of ether oxygens (including phenoxy) is 4. The van der Waals surface area contributed by atoms with E-state index in [-0.39, 0.29) is 77.6 Å². The highest BCUT2D eigenvalue weighted by Gasteiger charge is 2.39. The Morgan fingerprint density at radius 2 is 1.36 bits per heavy atom. The van der Waals surface area contributed by atoms with E-state index in [4.69, 9.17) is 18.9 Å². The molecule has 14 heteroatoms. The molecule has 0 aliphatic carbocycles. The van der Waals surface area contributed by atoms with Gasteiger partial charge in [0, 0.05) is 36.2 Å². The standard InChI is InChI=1S/C28H39NO11S2/c1-4-28(3,5-2)41-20-19-39-26(33)8-6-7-25(32)38-17-15-37-16-18-40-27(34)21-9-11-22(12-10-21)42(35,36)29-23(30)13-14-24(29)31/h9-12H,4-8,13-20H2,1-3H3. The number of hydrogen-bond donors (Lipinski definition) is 0. The molecule has 1 aliphatic rings. The Balaban J connectivity index is 1.54. The second-order valence-electron chi connectivity index (χ2n) is 9.63. The Morgan fingerprint density at radius 3 is 1.90 bits per heavy atom. The van der Waals surface area contributed by atoms with E-state index < -0.39 is 33.8 Å². The summed E-state index contributed by atoms with van der Waals surface area (Å²) < 4.78 is 46.1. The zero-order valence-electron chi connectivity index (χ0n) is 24.3. The average molecular weight is 630 g/mol. The minimum Gasteiger partial charge on any atom is -0.465 e. The number of esters is 3. The van der Waals surface area contributed by atoms with Crippen molar-refractivity contribution in [3.63, 3.8) is 0 Å². The summed E-state index contributed by atoms with van der Waals surface area (Å²) in [4.78, 5) is 59.1. The van der Waals surface area contributed by atoms with Crippen LogP contribution < -0.4 is 0 Å². The van der Waals surface area contributed by atoms with Crippen LogP contribution >= 0.6 is 11.8 Å². The molecule has 0 N–H and O–H groups in total. The molecular weight excluding hydrogens is 590 g/mol. The van der Waals surface area contributed by atoms with Gasteiger partial charge in [-0.05, 0) is 43.5 Å². The van der Waals surface area contributed by atoms with Crippen LogP contribution in [0.4, 0.5) is 0 Å². The molecule has 0 atom stereocenters. The molecule has 0 spiro atoms. The predicted molar refractivity (Wildman–Crippen MR) is 153 cm³/mol. The Kier molecular flexibility index (Phi) is 14.4. The maximum Gasteiger partial charge on any atom is 0.338 e. The maximum atomic E-state index is 12.5. The number of imide groups is 1. The number of rotatable bonds is 19. The summed E-state index contributed by atoms with van der Waals surface area (Å²) in [6, 6.07) is 4.67. The molecule has 1 aromatic carbocycles. The highest BCUT2D eigenvalue weighted by molar-refractivity contribution is 8.00. The third-order valence-corrected chi connectivity index (χ3v) is 10.0. The van der Waals surface area contributed by atoms with E-state index in [0.717, 1.165) is 30.7 Å². The molecule has 42 heavy (non-hydrogen) atoms. The lowest BCUT2D eigenvalue weighted by Crippen LogP contribution is -2.35. The van der Waals surface area contributed by atoms with Gasteiger partial charge in [0.05, 0.1) is 23.7 Å². The number of carbonyl (C=O) groups is 5. The fraction of sp³-hybridized carbons (Fsp3) is 0.607. The second-order valence-corrected chi connectivity index (χ2v) is 13.1. The highest BCUT2D eigenvalue weighted by atomic mass is 32.2. The molecule has 234 valence electrons. The van der Waals surface area contributed by atoms with Crippen molar-refractivity contribution in [1.29, 1.82) is 0 Å². The number of carbonyl (C=O) groups excluding carboxylic acids is 5. The van der Waals surface area contributed by atoms with Gasteiger partial charge in [0.25, 0.3) is 10.0 Å². The van der Waals surface area contributed by atoms with Crippen LogP contribution in [-0.2, 0) is 48.1 Å². The molecule has 1 fully saturated rings.